The van der Waals surface area contributed by atoms with E-state index in [1.54, 1.807) is 0 Å². The normalized spacial score (nSPS) is 16.0. The van der Waals surface area contributed by atoms with Crippen molar-refractivity contribution in [3.8, 4) is 0 Å². The summed E-state index contributed by atoms with van der Waals surface area (Å²) in [4.78, 5) is 4.01. The molecule has 16 heavy (non-hydrogen) atoms. The van der Waals surface area contributed by atoms with Crippen molar-refractivity contribution in [2.24, 2.45) is 0 Å². The molecule has 0 radical (unpaired) electrons. The third-order valence-electron chi connectivity index (χ3n) is 3.17. The molecule has 1 aromatic heterocycles. The molecule has 0 saturated heterocycles. The van der Waals surface area contributed by atoms with Gasteiger partial charge in [0.05, 0.1) is 0 Å². The van der Waals surface area contributed by atoms with Crippen LogP contribution in [0.2, 0.25) is 0 Å². The van der Waals surface area contributed by atoms with Crippen molar-refractivity contribution >= 4 is 11.3 Å². The SMILES string of the molecule is c1csc(CN2CCc3ccccc3C2)c1. The summed E-state index contributed by atoms with van der Waals surface area (Å²) in [5, 5.41) is 2.16. The molecule has 1 aromatic carbocycles. The minimum atomic E-state index is 1.10. The standard InChI is InChI=1S/C14H15NS/c1-2-5-13-10-15(8-7-12(13)4-1)11-14-6-3-9-16-14/h1-6,9H,7-8,10-11H2. The highest BCUT2D eigenvalue weighted by Gasteiger charge is 2.15. The van der Waals surface area contributed by atoms with E-state index in [1.165, 1.54) is 29.0 Å². The van der Waals surface area contributed by atoms with E-state index in [2.05, 4.69) is 46.7 Å². The number of fused-ring (bicyclic) bond motifs is 1. The van der Waals surface area contributed by atoms with Crippen molar-refractivity contribution in [2.75, 3.05) is 6.54 Å². The first kappa shape index (κ1) is 10.1. The van der Waals surface area contributed by atoms with Crippen LogP contribution in [0.25, 0.3) is 0 Å². The maximum absolute atomic E-state index is 2.54. The average molecular weight is 229 g/mol. The summed E-state index contributed by atoms with van der Waals surface area (Å²) in [5.74, 6) is 0. The number of hydrogen-bond donors (Lipinski definition) is 0. The van der Waals surface area contributed by atoms with Crippen LogP contribution in [0, 0.1) is 0 Å². The second-order valence-electron chi connectivity index (χ2n) is 4.31. The Morgan fingerprint density at radius 2 is 1.94 bits per heavy atom. The molecule has 0 saturated carbocycles. The van der Waals surface area contributed by atoms with Gasteiger partial charge in [0.1, 0.15) is 0 Å². The molecular formula is C14H15NS. The van der Waals surface area contributed by atoms with Crippen LogP contribution in [0.3, 0.4) is 0 Å². The Balaban J connectivity index is 1.73. The molecule has 0 atom stereocenters. The molecule has 2 heteroatoms. The van der Waals surface area contributed by atoms with E-state index >= 15 is 0 Å². The van der Waals surface area contributed by atoms with Gasteiger partial charge in [-0.1, -0.05) is 30.3 Å². The predicted octanol–water partition coefficient (Wildman–Crippen LogP) is 3.31. The molecule has 0 bridgehead atoms. The van der Waals surface area contributed by atoms with Crippen LogP contribution in [0.15, 0.2) is 41.8 Å². The van der Waals surface area contributed by atoms with Gasteiger partial charge in [0.2, 0.25) is 0 Å². The van der Waals surface area contributed by atoms with Crippen molar-refractivity contribution < 1.29 is 0 Å². The summed E-state index contributed by atoms with van der Waals surface area (Å²) in [7, 11) is 0. The minimum absolute atomic E-state index is 1.10. The lowest BCUT2D eigenvalue weighted by atomic mass is 10.00. The first-order valence-electron chi connectivity index (χ1n) is 5.73. The first-order chi connectivity index (χ1) is 7.92. The van der Waals surface area contributed by atoms with Crippen LogP contribution in [-0.4, -0.2) is 11.4 Å². The van der Waals surface area contributed by atoms with E-state index in [0.29, 0.717) is 0 Å². The Morgan fingerprint density at radius 3 is 2.75 bits per heavy atom. The summed E-state index contributed by atoms with van der Waals surface area (Å²) in [6.07, 6.45) is 1.20. The molecule has 0 spiro atoms. The Labute approximate surface area is 100 Å². The number of hydrogen-bond acceptors (Lipinski definition) is 2. The van der Waals surface area contributed by atoms with E-state index in [1.807, 2.05) is 11.3 Å². The Hall–Kier alpha value is -1.12. The van der Waals surface area contributed by atoms with Crippen molar-refractivity contribution in [3.63, 3.8) is 0 Å². The monoisotopic (exact) mass is 229 g/mol. The molecule has 2 heterocycles. The summed E-state index contributed by atoms with van der Waals surface area (Å²) in [6, 6.07) is 13.2. The van der Waals surface area contributed by atoms with Gasteiger partial charge in [-0.25, -0.2) is 0 Å². The fourth-order valence-electron chi connectivity index (χ4n) is 2.31. The zero-order valence-corrected chi connectivity index (χ0v) is 10.0. The second-order valence-corrected chi connectivity index (χ2v) is 5.34. The fraction of sp³-hybridized carbons (Fsp3) is 0.286. The number of thiophene rings is 1. The van der Waals surface area contributed by atoms with Gasteiger partial charge in [0.15, 0.2) is 0 Å². The molecule has 1 aliphatic rings. The van der Waals surface area contributed by atoms with Gasteiger partial charge in [-0.2, -0.15) is 0 Å². The lowest BCUT2D eigenvalue weighted by molar-refractivity contribution is 0.248. The van der Waals surface area contributed by atoms with Crippen molar-refractivity contribution in [1.29, 1.82) is 0 Å². The van der Waals surface area contributed by atoms with Crippen LogP contribution in [0.5, 0.6) is 0 Å². The van der Waals surface area contributed by atoms with Crippen LogP contribution in [0.4, 0.5) is 0 Å². The van der Waals surface area contributed by atoms with E-state index in [-0.39, 0.29) is 0 Å². The van der Waals surface area contributed by atoms with E-state index in [0.717, 1.165) is 13.1 Å². The van der Waals surface area contributed by atoms with E-state index < -0.39 is 0 Å². The summed E-state index contributed by atoms with van der Waals surface area (Å²) < 4.78 is 0. The lowest BCUT2D eigenvalue weighted by Crippen LogP contribution is -2.29. The second kappa shape index (κ2) is 4.40. The Morgan fingerprint density at radius 1 is 1.06 bits per heavy atom. The Bertz CT molecular complexity index is 461. The van der Waals surface area contributed by atoms with Gasteiger partial charge in [-0.15, -0.1) is 11.3 Å². The number of rotatable bonds is 2. The predicted molar refractivity (Wildman–Crippen MR) is 68.6 cm³/mol. The van der Waals surface area contributed by atoms with E-state index in [9.17, 15) is 0 Å². The average Bonchev–Trinajstić information content (AvgIpc) is 2.82. The molecule has 2 aromatic rings. The summed E-state index contributed by atoms with van der Waals surface area (Å²) in [6.45, 7) is 3.40. The largest absolute Gasteiger partial charge is 0.294 e. The van der Waals surface area contributed by atoms with Gasteiger partial charge in [0, 0.05) is 24.5 Å². The molecule has 0 fully saturated rings. The maximum atomic E-state index is 2.54. The molecule has 0 unspecified atom stereocenters. The maximum Gasteiger partial charge on any atom is 0.0331 e. The molecule has 3 rings (SSSR count). The molecule has 0 amide bonds. The van der Waals surface area contributed by atoms with Crippen molar-refractivity contribution in [1.82, 2.24) is 4.90 Å². The smallest absolute Gasteiger partial charge is 0.0331 e. The molecule has 0 N–H and O–H groups in total. The van der Waals surface area contributed by atoms with Crippen LogP contribution in [0.1, 0.15) is 16.0 Å². The van der Waals surface area contributed by atoms with Crippen LogP contribution in [-0.2, 0) is 19.5 Å². The van der Waals surface area contributed by atoms with Gasteiger partial charge in [-0.05, 0) is 29.0 Å². The zero-order valence-electron chi connectivity index (χ0n) is 9.23. The number of nitrogens with zero attached hydrogens (tertiary/aromatic N) is 1. The highest BCUT2D eigenvalue weighted by Crippen LogP contribution is 2.21. The third-order valence-corrected chi connectivity index (χ3v) is 4.03. The zero-order chi connectivity index (χ0) is 10.8. The van der Waals surface area contributed by atoms with Gasteiger partial charge in [0.25, 0.3) is 0 Å². The molecule has 0 aliphatic carbocycles. The lowest BCUT2D eigenvalue weighted by Gasteiger charge is -2.28. The van der Waals surface area contributed by atoms with Crippen molar-refractivity contribution in [2.45, 2.75) is 19.5 Å². The highest BCUT2D eigenvalue weighted by molar-refractivity contribution is 7.09. The first-order valence-corrected chi connectivity index (χ1v) is 6.61. The van der Waals surface area contributed by atoms with Crippen LogP contribution < -0.4 is 0 Å². The fourth-order valence-corrected chi connectivity index (χ4v) is 3.06. The summed E-state index contributed by atoms with van der Waals surface area (Å²) >= 11 is 1.86. The molecule has 1 aliphatic heterocycles. The van der Waals surface area contributed by atoms with Crippen LogP contribution >= 0.6 is 11.3 Å². The van der Waals surface area contributed by atoms with Gasteiger partial charge < -0.3 is 0 Å². The number of benzene rings is 1. The quantitative estimate of drug-likeness (QED) is 0.763. The molecule has 82 valence electrons. The molecule has 1 nitrogen and oxygen atoms in total. The summed E-state index contributed by atoms with van der Waals surface area (Å²) in [5.41, 5.74) is 3.04. The molecular weight excluding hydrogens is 214 g/mol. The van der Waals surface area contributed by atoms with Gasteiger partial charge in [-0.3, -0.25) is 4.90 Å². The van der Waals surface area contributed by atoms with Gasteiger partial charge >= 0.3 is 0 Å². The van der Waals surface area contributed by atoms with E-state index in [4.69, 9.17) is 0 Å². The minimum Gasteiger partial charge on any atom is -0.294 e. The van der Waals surface area contributed by atoms with Crippen molar-refractivity contribution in [3.05, 3.63) is 57.8 Å². The Kier molecular flexibility index (Phi) is 2.77. The third kappa shape index (κ3) is 2.04. The topological polar surface area (TPSA) is 3.24 Å². The highest BCUT2D eigenvalue weighted by atomic mass is 32.1.